The third-order valence-corrected chi connectivity index (χ3v) is 8.73. The van der Waals surface area contributed by atoms with Crippen LogP contribution in [0.3, 0.4) is 0 Å². The van der Waals surface area contributed by atoms with Gasteiger partial charge in [-0.3, -0.25) is 14.4 Å². The van der Waals surface area contributed by atoms with Gasteiger partial charge >= 0.3 is 0 Å². The number of amides is 3. The maximum Gasteiger partial charge on any atom is 0.259 e. The SMILES string of the molecule is COc1cc2ccc1Oc1cccc(c1)CO[C@H]1CN(C(=O)c3cnn4ccn(C)c34)C[C@@H]1NC(=O)CN(C1CC1)C(=O)CC2. The summed E-state index contributed by atoms with van der Waals surface area (Å²) in [5, 5.41) is 7.42. The van der Waals surface area contributed by atoms with E-state index in [0.29, 0.717) is 34.9 Å². The van der Waals surface area contributed by atoms with Gasteiger partial charge in [-0.1, -0.05) is 18.2 Å². The summed E-state index contributed by atoms with van der Waals surface area (Å²) in [6, 6.07) is 12.9. The molecule has 5 heterocycles. The maximum atomic E-state index is 13.7. The fourth-order valence-electron chi connectivity index (χ4n) is 6.21. The van der Waals surface area contributed by atoms with Gasteiger partial charge in [0.1, 0.15) is 17.0 Å². The number of nitrogens with zero attached hydrogens (tertiary/aromatic N) is 5. The van der Waals surface area contributed by atoms with E-state index in [-0.39, 0.29) is 56.4 Å². The normalized spacial score (nSPS) is 21.1. The molecule has 0 radical (unpaired) electrons. The summed E-state index contributed by atoms with van der Waals surface area (Å²) in [7, 11) is 3.46. The molecule has 1 aliphatic carbocycles. The van der Waals surface area contributed by atoms with Crippen molar-refractivity contribution >= 4 is 23.4 Å². The average molecular weight is 613 g/mol. The standard InChI is InChI=1S/C33H36N6O6/c1-36-12-13-39-32(36)25(16-34-39)33(42)37-17-26-29(18-37)44-20-22-4-3-5-24(14-22)45-27-10-6-21(15-28(27)43-2)7-11-31(41)38(23-8-9-23)19-30(40)35-26/h3-6,10,12-16,23,26,29H,7-9,11,17-20H2,1-2H3,(H,35,40)/t26-,29-/m0/s1. The lowest BCUT2D eigenvalue weighted by molar-refractivity contribution is -0.137. The van der Waals surface area contributed by atoms with Crippen LogP contribution in [0.2, 0.25) is 0 Å². The van der Waals surface area contributed by atoms with E-state index in [4.69, 9.17) is 14.2 Å². The highest BCUT2D eigenvalue weighted by atomic mass is 16.5. The molecule has 4 aliphatic rings. The number of carbonyl (C=O) groups excluding carboxylic acids is 3. The molecule has 2 aromatic heterocycles. The van der Waals surface area contributed by atoms with Gasteiger partial charge in [0.15, 0.2) is 11.5 Å². The first-order valence-electron chi connectivity index (χ1n) is 15.3. The molecule has 3 aliphatic heterocycles. The Bertz CT molecular complexity index is 1760. The Morgan fingerprint density at radius 3 is 2.73 bits per heavy atom. The van der Waals surface area contributed by atoms with Crippen LogP contribution in [0, 0.1) is 0 Å². The smallest absolute Gasteiger partial charge is 0.259 e. The largest absolute Gasteiger partial charge is 0.493 e. The first-order valence-corrected chi connectivity index (χ1v) is 15.3. The van der Waals surface area contributed by atoms with Gasteiger partial charge in [0.25, 0.3) is 5.91 Å². The van der Waals surface area contributed by atoms with Crippen molar-refractivity contribution in [3.05, 3.63) is 77.7 Å². The van der Waals surface area contributed by atoms with Gasteiger partial charge in [0.05, 0.1) is 38.6 Å². The Labute approximate surface area is 260 Å². The number of ether oxygens (including phenoxy) is 3. The Hall–Kier alpha value is -4.84. The van der Waals surface area contributed by atoms with Gasteiger partial charge in [0, 0.05) is 45.0 Å². The van der Waals surface area contributed by atoms with Crippen LogP contribution in [0.25, 0.3) is 5.65 Å². The predicted molar refractivity (Wildman–Crippen MR) is 163 cm³/mol. The third-order valence-electron chi connectivity index (χ3n) is 8.73. The molecule has 12 heteroatoms. The van der Waals surface area contributed by atoms with Crippen molar-refractivity contribution in [1.29, 1.82) is 0 Å². The van der Waals surface area contributed by atoms with Crippen LogP contribution >= 0.6 is 0 Å². The molecule has 234 valence electrons. The second-order valence-electron chi connectivity index (χ2n) is 12.0. The number of likely N-dealkylation sites (tertiary alicyclic amines) is 1. The van der Waals surface area contributed by atoms with E-state index < -0.39 is 12.1 Å². The molecule has 3 amide bonds. The number of hydrogen-bond donors (Lipinski definition) is 1. The van der Waals surface area contributed by atoms with Gasteiger partial charge in [0.2, 0.25) is 11.8 Å². The molecular formula is C33H36N6O6. The van der Waals surface area contributed by atoms with E-state index in [0.717, 1.165) is 24.0 Å². The number of rotatable bonds is 3. The van der Waals surface area contributed by atoms with E-state index >= 15 is 0 Å². The van der Waals surface area contributed by atoms with Crippen LogP contribution in [0.15, 0.2) is 61.1 Å². The molecule has 1 saturated heterocycles. The lowest BCUT2D eigenvalue weighted by atomic mass is 10.1. The zero-order chi connectivity index (χ0) is 31.1. The van der Waals surface area contributed by atoms with Gasteiger partial charge in [-0.25, -0.2) is 4.52 Å². The first-order chi connectivity index (χ1) is 21.9. The van der Waals surface area contributed by atoms with Crippen LogP contribution in [0.4, 0.5) is 0 Å². The molecule has 2 aromatic carbocycles. The highest BCUT2D eigenvalue weighted by molar-refractivity contribution is 6.00. The second-order valence-corrected chi connectivity index (χ2v) is 12.0. The van der Waals surface area contributed by atoms with Crippen LogP contribution in [0.1, 0.15) is 40.7 Å². The molecule has 4 bridgehead atoms. The zero-order valence-corrected chi connectivity index (χ0v) is 25.3. The van der Waals surface area contributed by atoms with Crippen molar-refractivity contribution in [3.8, 4) is 17.2 Å². The minimum Gasteiger partial charge on any atom is -0.493 e. The number of imidazole rings is 1. The predicted octanol–water partition coefficient (Wildman–Crippen LogP) is 2.94. The van der Waals surface area contributed by atoms with Gasteiger partial charge in [-0.15, -0.1) is 0 Å². The zero-order valence-electron chi connectivity index (χ0n) is 25.3. The molecule has 4 aromatic rings. The van der Waals surface area contributed by atoms with E-state index in [1.807, 2.05) is 60.3 Å². The van der Waals surface area contributed by atoms with Crippen LogP contribution < -0.4 is 14.8 Å². The van der Waals surface area contributed by atoms with Gasteiger partial charge in [-0.05, 0) is 54.7 Å². The van der Waals surface area contributed by atoms with Crippen molar-refractivity contribution in [2.45, 2.75) is 50.5 Å². The van der Waals surface area contributed by atoms with Crippen molar-refractivity contribution in [2.75, 3.05) is 26.7 Å². The lowest BCUT2D eigenvalue weighted by Crippen LogP contribution is -2.49. The average Bonchev–Trinajstić information content (AvgIpc) is 3.50. The number of methoxy groups -OCH3 is 1. The van der Waals surface area contributed by atoms with E-state index in [1.54, 1.807) is 33.8 Å². The number of aryl methyl sites for hydroxylation is 2. The summed E-state index contributed by atoms with van der Waals surface area (Å²) in [5.41, 5.74) is 2.99. The fraction of sp³-hybridized carbons (Fsp3) is 0.394. The molecular weight excluding hydrogens is 576 g/mol. The highest BCUT2D eigenvalue weighted by Gasteiger charge is 2.40. The lowest BCUT2D eigenvalue weighted by Gasteiger charge is -2.25. The fourth-order valence-corrected chi connectivity index (χ4v) is 6.21. The van der Waals surface area contributed by atoms with Crippen molar-refractivity contribution < 1.29 is 28.6 Å². The van der Waals surface area contributed by atoms with E-state index in [1.165, 1.54) is 0 Å². The number of nitrogens with one attached hydrogen (secondary N) is 1. The summed E-state index contributed by atoms with van der Waals surface area (Å²) in [4.78, 5) is 43.9. The molecule has 2 fully saturated rings. The van der Waals surface area contributed by atoms with Crippen LogP contribution in [0.5, 0.6) is 17.2 Å². The summed E-state index contributed by atoms with van der Waals surface area (Å²) in [6.45, 7) is 0.767. The van der Waals surface area contributed by atoms with Crippen LogP contribution in [-0.4, -0.2) is 86.6 Å². The summed E-state index contributed by atoms with van der Waals surface area (Å²) < 4.78 is 21.7. The Morgan fingerprint density at radius 2 is 1.91 bits per heavy atom. The topological polar surface area (TPSA) is 120 Å². The van der Waals surface area contributed by atoms with E-state index in [9.17, 15) is 14.4 Å². The van der Waals surface area contributed by atoms with Gasteiger partial charge < -0.3 is 33.9 Å². The summed E-state index contributed by atoms with van der Waals surface area (Å²) in [6.07, 6.45) is 7.28. The summed E-state index contributed by atoms with van der Waals surface area (Å²) in [5.74, 6) is 1.24. The van der Waals surface area contributed by atoms with Crippen molar-refractivity contribution in [2.24, 2.45) is 7.05 Å². The molecule has 45 heavy (non-hydrogen) atoms. The number of hydrogen-bond acceptors (Lipinski definition) is 7. The Kier molecular flexibility index (Phi) is 7.66. The molecule has 1 saturated carbocycles. The molecule has 12 nitrogen and oxygen atoms in total. The van der Waals surface area contributed by atoms with E-state index in [2.05, 4.69) is 10.4 Å². The molecule has 0 spiro atoms. The minimum absolute atomic E-state index is 0.0355. The van der Waals surface area contributed by atoms with Crippen molar-refractivity contribution in [1.82, 2.24) is 29.3 Å². The van der Waals surface area contributed by atoms with Crippen LogP contribution in [-0.2, 0) is 34.4 Å². The second kappa shape index (κ2) is 11.9. The number of carbonyl (C=O) groups is 3. The minimum atomic E-state index is -0.471. The third kappa shape index (κ3) is 5.97. The van der Waals surface area contributed by atoms with Gasteiger partial charge in [-0.2, -0.15) is 5.10 Å². The molecule has 8 rings (SSSR count). The number of benzene rings is 2. The molecule has 1 N–H and O–H groups in total. The molecule has 0 unspecified atom stereocenters. The highest BCUT2D eigenvalue weighted by Crippen LogP contribution is 2.34. The number of fused-ring (bicyclic) bond motifs is 10. The summed E-state index contributed by atoms with van der Waals surface area (Å²) >= 11 is 0. The Morgan fingerprint density at radius 1 is 1.04 bits per heavy atom. The molecule has 2 atom stereocenters. The maximum absolute atomic E-state index is 13.7. The first kappa shape index (κ1) is 28.9. The monoisotopic (exact) mass is 612 g/mol. The Balaban J connectivity index is 1.17. The quantitative estimate of drug-likeness (QED) is 0.378. The van der Waals surface area contributed by atoms with Crippen molar-refractivity contribution in [3.63, 3.8) is 0 Å². The number of aromatic nitrogens is 3.